The van der Waals surface area contributed by atoms with Crippen molar-refractivity contribution >= 4 is 51.3 Å². The first-order valence-corrected chi connectivity index (χ1v) is 22.0. The largest absolute Gasteiger partial charge is 0.348 e. The molecule has 1 N–H and O–H groups in total. The molecule has 6 aromatic rings. The number of nitrogens with zero attached hydrogens (tertiary/aromatic N) is 10. The van der Waals surface area contributed by atoms with Gasteiger partial charge in [-0.15, -0.1) is 5.10 Å². The van der Waals surface area contributed by atoms with E-state index in [9.17, 15) is 19.2 Å². The van der Waals surface area contributed by atoms with E-state index in [0.29, 0.717) is 60.3 Å². The molecule has 330 valence electrons. The average molecular weight is 870 g/mol. The third-order valence-electron chi connectivity index (χ3n) is 13.6. The number of piperidine rings is 2. The molecule has 0 bridgehead atoms. The third kappa shape index (κ3) is 7.13. The number of nitrogens with one attached hydrogen (secondary N) is 1. The predicted molar refractivity (Wildman–Crippen MR) is 236 cm³/mol. The highest BCUT2D eigenvalue weighted by Crippen LogP contribution is 2.45. The Morgan fingerprint density at radius 2 is 1.73 bits per heavy atom. The van der Waals surface area contributed by atoms with Crippen molar-refractivity contribution in [3.8, 4) is 23.0 Å². The molecule has 10 rings (SSSR count). The van der Waals surface area contributed by atoms with Crippen molar-refractivity contribution in [2.24, 2.45) is 14.1 Å². The minimum atomic E-state index is -2.73. The second-order valence-electron chi connectivity index (χ2n) is 17.6. The molecule has 1 atom stereocenters. The van der Waals surface area contributed by atoms with Crippen LogP contribution in [0.15, 0.2) is 47.4 Å². The number of hydrogen-bond acceptors (Lipinski definition) is 9. The Morgan fingerprint density at radius 3 is 2.50 bits per heavy atom. The van der Waals surface area contributed by atoms with Gasteiger partial charge >= 0.3 is 5.69 Å². The summed E-state index contributed by atoms with van der Waals surface area (Å²) in [6.07, 6.45) is 3.46. The zero-order chi connectivity index (χ0) is 44.6. The van der Waals surface area contributed by atoms with Crippen LogP contribution in [0.3, 0.4) is 0 Å². The van der Waals surface area contributed by atoms with Crippen LogP contribution in [0.5, 0.6) is 0 Å². The maximum Gasteiger partial charge on any atom is 0.329 e. The van der Waals surface area contributed by atoms with Gasteiger partial charge in [0.2, 0.25) is 17.7 Å². The predicted octanol–water partition coefficient (Wildman–Crippen LogP) is 5.39. The van der Waals surface area contributed by atoms with E-state index in [4.69, 9.17) is 5.10 Å². The van der Waals surface area contributed by atoms with Crippen LogP contribution in [0, 0.1) is 18.8 Å². The number of fused-ring (bicyclic) bond motifs is 4. The molecule has 1 unspecified atom stereocenters. The summed E-state index contributed by atoms with van der Waals surface area (Å²) in [5.41, 5.74) is 8.68. The summed E-state index contributed by atoms with van der Waals surface area (Å²) in [6.45, 7) is 7.22. The molecule has 3 amide bonds. The molecular formula is C47H49F2N11O4. The number of amides is 3. The number of benzene rings is 2. The number of rotatable bonds is 6. The number of imide groups is 1. The molecule has 4 aliphatic heterocycles. The molecule has 2 aromatic carbocycles. The Morgan fingerprint density at radius 1 is 0.922 bits per heavy atom. The number of imidazole rings is 1. The van der Waals surface area contributed by atoms with Gasteiger partial charge in [-0.3, -0.25) is 38.4 Å². The molecule has 0 radical (unpaired) electrons. The monoisotopic (exact) mass is 869 g/mol. The molecule has 0 aliphatic carbocycles. The lowest BCUT2D eigenvalue weighted by Gasteiger charge is -2.33. The topological polar surface area (TPSA) is 148 Å². The van der Waals surface area contributed by atoms with Gasteiger partial charge in [-0.1, -0.05) is 11.8 Å². The summed E-state index contributed by atoms with van der Waals surface area (Å²) < 4.78 is 37.3. The van der Waals surface area contributed by atoms with E-state index in [-0.39, 0.29) is 42.0 Å². The minimum Gasteiger partial charge on any atom is -0.348 e. The van der Waals surface area contributed by atoms with Crippen LogP contribution in [-0.4, -0.2) is 93.9 Å². The zero-order valence-corrected chi connectivity index (χ0v) is 36.3. The van der Waals surface area contributed by atoms with Gasteiger partial charge in [0.25, 0.3) is 6.43 Å². The Kier molecular flexibility index (Phi) is 10.4. The maximum absolute atomic E-state index is 15.1. The number of hydrogen-bond donors (Lipinski definition) is 1. The van der Waals surface area contributed by atoms with Gasteiger partial charge in [0.1, 0.15) is 11.6 Å². The number of halogens is 2. The van der Waals surface area contributed by atoms with Crippen LogP contribution in [0.4, 0.5) is 20.3 Å². The molecule has 0 saturated carbocycles. The van der Waals surface area contributed by atoms with E-state index in [1.54, 1.807) is 20.0 Å². The van der Waals surface area contributed by atoms with Gasteiger partial charge in [-0.05, 0) is 86.6 Å². The Labute approximate surface area is 367 Å². The summed E-state index contributed by atoms with van der Waals surface area (Å²) in [5, 5.41) is 16.3. The molecule has 4 aliphatic rings. The highest BCUT2D eigenvalue weighted by molar-refractivity contribution is 6.00. The van der Waals surface area contributed by atoms with Crippen molar-refractivity contribution in [1.82, 2.24) is 48.8 Å². The first kappa shape index (κ1) is 41.3. The molecule has 2 saturated heterocycles. The quantitative estimate of drug-likeness (QED) is 0.172. The van der Waals surface area contributed by atoms with Gasteiger partial charge < -0.3 is 14.4 Å². The van der Waals surface area contributed by atoms with E-state index in [2.05, 4.69) is 41.8 Å². The Hall–Kier alpha value is -6.67. The van der Waals surface area contributed by atoms with E-state index >= 15 is 8.78 Å². The lowest BCUT2D eigenvalue weighted by molar-refractivity contribution is -0.135. The molecule has 4 aromatic heterocycles. The van der Waals surface area contributed by atoms with Gasteiger partial charge in [0.05, 0.1) is 41.4 Å². The molecule has 17 heteroatoms. The van der Waals surface area contributed by atoms with Gasteiger partial charge in [-0.25, -0.2) is 13.6 Å². The van der Waals surface area contributed by atoms with E-state index < -0.39 is 18.4 Å². The number of alkyl halides is 2. The fourth-order valence-corrected chi connectivity index (χ4v) is 10.2. The van der Waals surface area contributed by atoms with E-state index in [1.165, 1.54) is 9.13 Å². The Balaban J connectivity index is 0.895. The number of anilines is 2. The van der Waals surface area contributed by atoms with Crippen LogP contribution in [0.1, 0.15) is 91.2 Å². The number of carbonyl (C=O) groups is 3. The van der Waals surface area contributed by atoms with E-state index in [0.717, 1.165) is 83.9 Å². The summed E-state index contributed by atoms with van der Waals surface area (Å²) in [6, 6.07) is 10.4. The second kappa shape index (κ2) is 16.2. The van der Waals surface area contributed by atoms with Crippen molar-refractivity contribution in [2.45, 2.75) is 83.8 Å². The fraction of sp³-hybridized carbons (Fsp3) is 0.426. The van der Waals surface area contributed by atoms with Crippen LogP contribution in [0.25, 0.3) is 33.2 Å². The molecule has 2 fully saturated rings. The molecule has 8 heterocycles. The lowest BCUT2D eigenvalue weighted by atomic mass is 9.92. The zero-order valence-electron chi connectivity index (χ0n) is 36.3. The smallest absolute Gasteiger partial charge is 0.329 e. The average Bonchev–Trinajstić information content (AvgIpc) is 3.91. The first-order chi connectivity index (χ1) is 30.8. The highest BCUT2D eigenvalue weighted by Gasteiger charge is 2.35. The van der Waals surface area contributed by atoms with E-state index in [1.807, 2.05) is 60.0 Å². The van der Waals surface area contributed by atoms with Crippen molar-refractivity contribution in [1.29, 1.82) is 0 Å². The van der Waals surface area contributed by atoms with Crippen molar-refractivity contribution < 1.29 is 23.2 Å². The van der Waals surface area contributed by atoms with Gasteiger partial charge in [0, 0.05) is 99.9 Å². The minimum absolute atomic E-state index is 0.00887. The number of carbonyl (C=O) groups excluding carboxylic acids is 3. The first-order valence-electron chi connectivity index (χ1n) is 22.0. The summed E-state index contributed by atoms with van der Waals surface area (Å²) in [5.74, 6) is 6.51. The summed E-state index contributed by atoms with van der Waals surface area (Å²) >= 11 is 0. The normalized spacial score (nSPS) is 18.4. The molecule has 64 heavy (non-hydrogen) atoms. The Bertz CT molecular complexity index is 3030. The van der Waals surface area contributed by atoms with Gasteiger partial charge in [0.15, 0.2) is 5.82 Å². The SMILES string of the molecule is CC(=O)N1CCc2c(c(N3CCCc4cc(-c5cn(C)c6cc(C)nnc56)c(C(F)F)cc43)nn2C2CCN(CC#Cc3ccc4c(c3)n(C)c(=O)n4C3CCC(=O)NC3=O)CC2)C1. The standard InChI is InChI=1S/C47H49F2N11O4/c1-27-21-41-43(52-51-27)34(25-54(41)3)32-23-30-8-6-17-58(39(30)24-33(32)44(48)49)45-35-26-57(28(2)61)20-15-36(35)60(53-45)31-13-18-56(19-14-31)16-5-7-29-9-10-37-40(22-29)55(4)47(64)59(37)38-11-12-42(62)50-46(38)63/h9-10,21-25,31,38,44H,6,8,11-20,26H2,1-4H3,(H,50,62,63). The summed E-state index contributed by atoms with van der Waals surface area (Å²) in [7, 11) is 3.56. The fourth-order valence-electron chi connectivity index (χ4n) is 10.2. The van der Waals surface area contributed by atoms with Crippen LogP contribution >= 0.6 is 0 Å². The number of aromatic nitrogens is 7. The maximum atomic E-state index is 15.1. The highest BCUT2D eigenvalue weighted by atomic mass is 19.3. The van der Waals surface area contributed by atoms with Crippen LogP contribution in [0.2, 0.25) is 0 Å². The molecular weight excluding hydrogens is 821 g/mol. The third-order valence-corrected chi connectivity index (χ3v) is 13.6. The number of likely N-dealkylation sites (tertiary alicyclic amines) is 1. The van der Waals surface area contributed by atoms with Crippen molar-refractivity contribution in [2.75, 3.05) is 37.6 Å². The van der Waals surface area contributed by atoms with Gasteiger partial charge in [-0.2, -0.15) is 10.2 Å². The number of aryl methyl sites for hydroxylation is 4. The lowest BCUT2D eigenvalue weighted by Crippen LogP contribution is -2.44. The van der Waals surface area contributed by atoms with Crippen LogP contribution in [-0.2, 0) is 47.9 Å². The van der Waals surface area contributed by atoms with Crippen molar-refractivity contribution in [3.05, 3.63) is 86.7 Å². The van der Waals surface area contributed by atoms with Crippen molar-refractivity contribution in [3.63, 3.8) is 0 Å². The van der Waals surface area contributed by atoms with Crippen LogP contribution < -0.4 is 15.9 Å². The molecule has 0 spiro atoms. The summed E-state index contributed by atoms with van der Waals surface area (Å²) in [4.78, 5) is 56.6. The molecule has 15 nitrogen and oxygen atoms in total. The second-order valence-corrected chi connectivity index (χ2v) is 17.6.